The lowest BCUT2D eigenvalue weighted by Crippen LogP contribution is -2.29. The van der Waals surface area contributed by atoms with E-state index in [2.05, 4.69) is 11.8 Å². The molecule has 5 nitrogen and oxygen atoms in total. The molecule has 0 amide bonds. The summed E-state index contributed by atoms with van der Waals surface area (Å²) in [6.07, 6.45) is 1.05. The normalized spacial score (nSPS) is 11.9. The Kier molecular flexibility index (Phi) is 9.61. The fraction of sp³-hybridized carbons (Fsp3) is 0.400. The number of ether oxygens (including phenoxy) is 2. The van der Waals surface area contributed by atoms with Crippen LogP contribution in [0.3, 0.4) is 0 Å². The maximum absolute atomic E-state index is 12.4. The second kappa shape index (κ2) is 11.9. The minimum atomic E-state index is -3.35. The molecule has 32 heavy (non-hydrogen) atoms. The molecule has 1 atom stereocenters. The molecule has 0 saturated heterocycles. The highest BCUT2D eigenvalue weighted by molar-refractivity contribution is 7.91. The van der Waals surface area contributed by atoms with Gasteiger partial charge in [-0.1, -0.05) is 49.8 Å². The molecule has 0 spiro atoms. The number of sulfone groups is 1. The van der Waals surface area contributed by atoms with E-state index in [1.165, 1.54) is 0 Å². The monoisotopic (exact) mass is 476 g/mol. The lowest BCUT2D eigenvalue weighted by Gasteiger charge is -2.18. The first-order chi connectivity index (χ1) is 15.2. The van der Waals surface area contributed by atoms with Crippen molar-refractivity contribution in [2.75, 3.05) is 12.4 Å². The van der Waals surface area contributed by atoms with E-state index in [4.69, 9.17) is 21.1 Å². The van der Waals surface area contributed by atoms with E-state index in [1.54, 1.807) is 43.3 Å². The third kappa shape index (κ3) is 7.01. The quantitative estimate of drug-likeness (QED) is 0.360. The van der Waals surface area contributed by atoms with Crippen molar-refractivity contribution in [2.45, 2.75) is 58.0 Å². The average molecular weight is 477 g/mol. The van der Waals surface area contributed by atoms with E-state index in [0.717, 1.165) is 12.0 Å². The van der Waals surface area contributed by atoms with Gasteiger partial charge in [-0.25, -0.2) is 13.2 Å². The van der Waals surface area contributed by atoms with Crippen LogP contribution in [0.4, 0.5) is 0 Å². The van der Waals surface area contributed by atoms with Crippen LogP contribution in [0.25, 0.3) is 0 Å². The van der Waals surface area contributed by atoms with Crippen LogP contribution in [-0.2, 0) is 19.4 Å². The smallest absolute Gasteiger partial charge is 0.347 e. The van der Waals surface area contributed by atoms with E-state index < -0.39 is 21.9 Å². The highest BCUT2D eigenvalue weighted by Gasteiger charge is 2.22. The van der Waals surface area contributed by atoms with Gasteiger partial charge >= 0.3 is 5.97 Å². The number of benzene rings is 2. The van der Waals surface area contributed by atoms with Gasteiger partial charge in [0.2, 0.25) is 0 Å². The molecule has 2 aromatic rings. The molecule has 2 rings (SSSR count). The molecule has 172 valence electrons. The number of carbonyl (C=O) groups is 1. The van der Waals surface area contributed by atoms with Crippen LogP contribution in [-0.4, -0.2) is 32.9 Å². The zero-order valence-electron chi connectivity index (χ0n) is 18.9. The van der Waals surface area contributed by atoms with Crippen LogP contribution in [0, 0.1) is 18.8 Å². The molecule has 0 aliphatic carbocycles. The summed E-state index contributed by atoms with van der Waals surface area (Å²) in [4.78, 5) is 12.5. The molecule has 2 aromatic carbocycles. The highest BCUT2D eigenvalue weighted by Crippen LogP contribution is 2.25. The molecule has 0 radical (unpaired) electrons. The molecule has 0 aliphatic rings. The van der Waals surface area contributed by atoms with Crippen molar-refractivity contribution in [1.82, 2.24) is 0 Å². The van der Waals surface area contributed by atoms with Crippen molar-refractivity contribution < 1.29 is 22.7 Å². The molecule has 7 heteroatoms. The van der Waals surface area contributed by atoms with Crippen LogP contribution >= 0.6 is 11.6 Å². The summed E-state index contributed by atoms with van der Waals surface area (Å²) < 4.78 is 36.0. The zero-order valence-corrected chi connectivity index (χ0v) is 20.5. The van der Waals surface area contributed by atoms with E-state index in [1.807, 2.05) is 20.8 Å². The summed E-state index contributed by atoms with van der Waals surface area (Å²) in [5.74, 6) is 6.16. The van der Waals surface area contributed by atoms with Gasteiger partial charge in [-0.2, -0.15) is 0 Å². The van der Waals surface area contributed by atoms with Crippen LogP contribution in [0.15, 0.2) is 41.3 Å². The Balaban J connectivity index is 2.43. The summed E-state index contributed by atoms with van der Waals surface area (Å²) in [6, 6.07) is 9.94. The Labute approximate surface area is 196 Å². The molecule has 0 saturated carbocycles. The van der Waals surface area contributed by atoms with E-state index in [0.29, 0.717) is 34.7 Å². The second-order valence-electron chi connectivity index (χ2n) is 7.33. The second-order valence-corrected chi connectivity index (χ2v) is 9.88. The Hall–Kier alpha value is -2.49. The first-order valence-corrected chi connectivity index (χ1v) is 12.7. The molecule has 0 N–H and O–H groups in total. The molecule has 1 unspecified atom stereocenters. The van der Waals surface area contributed by atoms with Gasteiger partial charge in [-0.3, -0.25) is 0 Å². The first kappa shape index (κ1) is 25.8. The zero-order chi connectivity index (χ0) is 23.7. The molecular weight excluding hydrogens is 448 g/mol. The minimum Gasteiger partial charge on any atom is -0.477 e. The van der Waals surface area contributed by atoms with Gasteiger partial charge in [0.15, 0.2) is 15.9 Å². The van der Waals surface area contributed by atoms with Crippen molar-refractivity contribution >= 4 is 27.4 Å². The van der Waals surface area contributed by atoms with Crippen molar-refractivity contribution in [3.8, 4) is 17.6 Å². The lowest BCUT2D eigenvalue weighted by atomic mass is 10.1. The van der Waals surface area contributed by atoms with Crippen molar-refractivity contribution in [2.24, 2.45) is 0 Å². The van der Waals surface area contributed by atoms with E-state index in [-0.39, 0.29) is 17.3 Å². The number of esters is 1. The number of hydrogen-bond donors (Lipinski definition) is 0. The number of carbonyl (C=O) groups excluding carboxylic acids is 1. The fourth-order valence-corrected chi connectivity index (χ4v) is 4.55. The number of rotatable bonds is 9. The first-order valence-electron chi connectivity index (χ1n) is 10.7. The SMILES string of the molecule is CCCC(Oc1ccc(Cl)cc1C#Cc1cc(S(=O)(=O)CCC)ccc1C)C(=O)OCC. The summed E-state index contributed by atoms with van der Waals surface area (Å²) in [5, 5.41) is 0.473. The average Bonchev–Trinajstić information content (AvgIpc) is 2.74. The topological polar surface area (TPSA) is 69.7 Å². The summed E-state index contributed by atoms with van der Waals surface area (Å²) in [5.41, 5.74) is 1.96. The molecule has 0 aliphatic heterocycles. The Morgan fingerprint density at radius 2 is 1.75 bits per heavy atom. The number of aryl methyl sites for hydroxylation is 1. The summed E-state index contributed by atoms with van der Waals surface area (Å²) >= 11 is 6.17. The Morgan fingerprint density at radius 1 is 1.03 bits per heavy atom. The molecule has 0 bridgehead atoms. The highest BCUT2D eigenvalue weighted by atomic mass is 35.5. The number of hydrogen-bond acceptors (Lipinski definition) is 5. The third-order valence-electron chi connectivity index (χ3n) is 4.68. The predicted octanol–water partition coefficient (Wildman–Crippen LogP) is 5.34. The van der Waals surface area contributed by atoms with Crippen LogP contribution in [0.2, 0.25) is 5.02 Å². The van der Waals surface area contributed by atoms with Crippen molar-refractivity contribution in [1.29, 1.82) is 0 Å². The van der Waals surface area contributed by atoms with E-state index in [9.17, 15) is 13.2 Å². The van der Waals surface area contributed by atoms with Gasteiger partial charge in [0.05, 0.1) is 22.8 Å². The van der Waals surface area contributed by atoms with Gasteiger partial charge in [0, 0.05) is 10.6 Å². The maximum atomic E-state index is 12.4. The minimum absolute atomic E-state index is 0.0852. The molecular formula is C25H29ClO5S. The van der Waals surface area contributed by atoms with Crippen LogP contribution < -0.4 is 4.74 Å². The van der Waals surface area contributed by atoms with Gasteiger partial charge in [-0.05, 0) is 62.6 Å². The third-order valence-corrected chi connectivity index (χ3v) is 6.84. The largest absolute Gasteiger partial charge is 0.477 e. The van der Waals surface area contributed by atoms with Gasteiger partial charge in [-0.15, -0.1) is 0 Å². The van der Waals surface area contributed by atoms with Crippen molar-refractivity contribution in [3.63, 3.8) is 0 Å². The van der Waals surface area contributed by atoms with Crippen LogP contribution in [0.1, 0.15) is 56.7 Å². The van der Waals surface area contributed by atoms with Gasteiger partial charge in [0.25, 0.3) is 0 Å². The van der Waals surface area contributed by atoms with E-state index >= 15 is 0 Å². The lowest BCUT2D eigenvalue weighted by molar-refractivity contribution is -0.151. The predicted molar refractivity (Wildman–Crippen MR) is 127 cm³/mol. The van der Waals surface area contributed by atoms with Gasteiger partial charge in [0.1, 0.15) is 5.75 Å². The Morgan fingerprint density at radius 3 is 2.41 bits per heavy atom. The van der Waals surface area contributed by atoms with Crippen molar-refractivity contribution in [3.05, 3.63) is 58.1 Å². The van der Waals surface area contributed by atoms with Crippen LogP contribution in [0.5, 0.6) is 5.75 Å². The van der Waals surface area contributed by atoms with Gasteiger partial charge < -0.3 is 9.47 Å². The summed E-state index contributed by atoms with van der Waals surface area (Å²) in [6.45, 7) is 7.67. The number of halogens is 1. The molecule has 0 fully saturated rings. The molecule has 0 heterocycles. The summed E-state index contributed by atoms with van der Waals surface area (Å²) in [7, 11) is -3.35. The molecule has 0 aromatic heterocycles. The fourth-order valence-electron chi connectivity index (χ4n) is 3.03. The Bertz CT molecular complexity index is 1110. The maximum Gasteiger partial charge on any atom is 0.347 e. The standard InChI is InChI=1S/C25H29ClO5S/c1-5-8-24(25(27)30-7-3)31-23-14-12-21(26)16-20(23)11-10-19-17-22(13-9-18(19)4)32(28,29)15-6-2/h9,12-14,16-17,24H,5-8,15H2,1-4H3.